The van der Waals surface area contributed by atoms with Crippen molar-refractivity contribution in [2.75, 3.05) is 25.1 Å². The standard InChI is InChI=1S/C30H37N3O6S/c1-6-22(2)31-30(35)23(3)32(20-24-13-9-7-10-14-24)29(34)21-33(25-15-11-8-12-16-25)40(36,37)26-17-18-27(38-4)28(19-26)39-5/h7-19,22-23H,6,20-21H2,1-5H3,(H,31,35)/t22-,23+/m1/s1. The Hall–Kier alpha value is -4.05. The van der Waals surface area contributed by atoms with Crippen LogP contribution in [0.4, 0.5) is 5.69 Å². The molecule has 3 aromatic rings. The van der Waals surface area contributed by atoms with Gasteiger partial charge in [0, 0.05) is 18.7 Å². The minimum absolute atomic E-state index is 0.0704. The van der Waals surface area contributed by atoms with Gasteiger partial charge < -0.3 is 19.7 Å². The van der Waals surface area contributed by atoms with E-state index in [2.05, 4.69) is 5.32 Å². The molecule has 214 valence electrons. The molecule has 2 atom stereocenters. The Kier molecular flexibility index (Phi) is 10.6. The summed E-state index contributed by atoms with van der Waals surface area (Å²) in [7, 11) is -1.36. The predicted molar refractivity (Wildman–Crippen MR) is 155 cm³/mol. The number of ether oxygens (including phenoxy) is 2. The van der Waals surface area contributed by atoms with Crippen molar-refractivity contribution in [1.82, 2.24) is 10.2 Å². The van der Waals surface area contributed by atoms with E-state index >= 15 is 0 Å². The van der Waals surface area contributed by atoms with E-state index in [1.54, 1.807) is 37.3 Å². The van der Waals surface area contributed by atoms with E-state index in [-0.39, 0.29) is 29.1 Å². The number of benzene rings is 3. The summed E-state index contributed by atoms with van der Waals surface area (Å²) in [5.74, 6) is -0.223. The van der Waals surface area contributed by atoms with Crippen molar-refractivity contribution < 1.29 is 27.5 Å². The molecule has 10 heteroatoms. The fourth-order valence-electron chi connectivity index (χ4n) is 4.06. The number of para-hydroxylation sites is 1. The summed E-state index contributed by atoms with van der Waals surface area (Å²) in [6.07, 6.45) is 0.733. The Balaban J connectivity index is 2.02. The molecule has 0 unspecified atom stereocenters. The van der Waals surface area contributed by atoms with Crippen LogP contribution < -0.4 is 19.1 Å². The lowest BCUT2D eigenvalue weighted by atomic mass is 10.1. The Morgan fingerprint density at radius 3 is 2.05 bits per heavy atom. The highest BCUT2D eigenvalue weighted by atomic mass is 32.2. The fraction of sp³-hybridized carbons (Fsp3) is 0.333. The molecule has 0 aromatic heterocycles. The summed E-state index contributed by atoms with van der Waals surface area (Å²) in [6.45, 7) is 5.11. The van der Waals surface area contributed by atoms with Crippen molar-refractivity contribution in [3.63, 3.8) is 0 Å². The maximum Gasteiger partial charge on any atom is 0.264 e. The zero-order valence-electron chi connectivity index (χ0n) is 23.5. The van der Waals surface area contributed by atoms with E-state index < -0.39 is 28.5 Å². The van der Waals surface area contributed by atoms with Gasteiger partial charge in [-0.2, -0.15) is 0 Å². The van der Waals surface area contributed by atoms with Crippen molar-refractivity contribution in [2.45, 2.75) is 50.7 Å². The first kappa shape index (κ1) is 30.5. The van der Waals surface area contributed by atoms with E-state index in [1.807, 2.05) is 44.2 Å². The molecule has 0 aliphatic rings. The van der Waals surface area contributed by atoms with Crippen LogP contribution in [0.2, 0.25) is 0 Å². The van der Waals surface area contributed by atoms with Crippen LogP contribution in [-0.2, 0) is 26.2 Å². The number of anilines is 1. The van der Waals surface area contributed by atoms with Gasteiger partial charge in [-0.15, -0.1) is 0 Å². The molecule has 40 heavy (non-hydrogen) atoms. The third-order valence-electron chi connectivity index (χ3n) is 6.63. The summed E-state index contributed by atoms with van der Waals surface area (Å²) < 4.78 is 39.6. The highest BCUT2D eigenvalue weighted by molar-refractivity contribution is 7.92. The highest BCUT2D eigenvalue weighted by Crippen LogP contribution is 2.32. The number of hydrogen-bond acceptors (Lipinski definition) is 6. The van der Waals surface area contributed by atoms with E-state index in [9.17, 15) is 18.0 Å². The van der Waals surface area contributed by atoms with Gasteiger partial charge in [0.1, 0.15) is 12.6 Å². The van der Waals surface area contributed by atoms with Crippen LogP contribution in [0.25, 0.3) is 0 Å². The first-order valence-electron chi connectivity index (χ1n) is 13.1. The molecule has 3 rings (SSSR count). The molecular formula is C30H37N3O6S. The number of sulfonamides is 1. The van der Waals surface area contributed by atoms with Crippen molar-refractivity contribution in [3.05, 3.63) is 84.4 Å². The Morgan fingerprint density at radius 2 is 1.48 bits per heavy atom. The topological polar surface area (TPSA) is 105 Å². The van der Waals surface area contributed by atoms with Crippen LogP contribution in [0.5, 0.6) is 11.5 Å². The highest BCUT2D eigenvalue weighted by Gasteiger charge is 2.33. The third kappa shape index (κ3) is 7.32. The van der Waals surface area contributed by atoms with Gasteiger partial charge in [0.25, 0.3) is 10.0 Å². The lowest BCUT2D eigenvalue weighted by Gasteiger charge is -2.32. The summed E-state index contributed by atoms with van der Waals surface area (Å²) >= 11 is 0. The number of methoxy groups -OCH3 is 2. The van der Waals surface area contributed by atoms with Gasteiger partial charge in [0.05, 0.1) is 24.8 Å². The number of nitrogens with one attached hydrogen (secondary N) is 1. The largest absolute Gasteiger partial charge is 0.493 e. The summed E-state index contributed by atoms with van der Waals surface area (Å²) in [5.41, 5.74) is 1.12. The first-order chi connectivity index (χ1) is 19.1. The van der Waals surface area contributed by atoms with Crippen LogP contribution in [0.1, 0.15) is 32.8 Å². The molecule has 0 saturated heterocycles. The Morgan fingerprint density at radius 1 is 0.875 bits per heavy atom. The molecule has 2 amide bonds. The molecule has 9 nitrogen and oxygen atoms in total. The van der Waals surface area contributed by atoms with Gasteiger partial charge in [-0.05, 0) is 50.1 Å². The van der Waals surface area contributed by atoms with Gasteiger partial charge in [-0.25, -0.2) is 8.42 Å². The second kappa shape index (κ2) is 13.8. The number of amides is 2. The van der Waals surface area contributed by atoms with Gasteiger partial charge in [0.2, 0.25) is 11.8 Å². The molecule has 0 aliphatic carbocycles. The van der Waals surface area contributed by atoms with Crippen molar-refractivity contribution in [3.8, 4) is 11.5 Å². The van der Waals surface area contributed by atoms with E-state index in [0.717, 1.165) is 16.3 Å². The fourth-order valence-corrected chi connectivity index (χ4v) is 5.49. The van der Waals surface area contributed by atoms with Crippen molar-refractivity contribution >= 4 is 27.5 Å². The van der Waals surface area contributed by atoms with Crippen LogP contribution in [-0.4, -0.2) is 58.0 Å². The zero-order chi connectivity index (χ0) is 29.3. The van der Waals surface area contributed by atoms with Gasteiger partial charge in [-0.3, -0.25) is 13.9 Å². The normalized spacial score (nSPS) is 12.6. The summed E-state index contributed by atoms with van der Waals surface area (Å²) in [4.78, 5) is 28.4. The predicted octanol–water partition coefficient (Wildman–Crippen LogP) is 4.23. The maximum atomic E-state index is 14.0. The maximum absolute atomic E-state index is 14.0. The average molecular weight is 568 g/mol. The number of rotatable bonds is 13. The van der Waals surface area contributed by atoms with Crippen LogP contribution in [0.3, 0.4) is 0 Å². The lowest BCUT2D eigenvalue weighted by Crippen LogP contribution is -2.52. The van der Waals surface area contributed by atoms with Gasteiger partial charge >= 0.3 is 0 Å². The van der Waals surface area contributed by atoms with Crippen molar-refractivity contribution in [1.29, 1.82) is 0 Å². The van der Waals surface area contributed by atoms with E-state index in [1.165, 1.54) is 37.3 Å². The molecular weight excluding hydrogens is 530 g/mol. The lowest BCUT2D eigenvalue weighted by molar-refractivity contribution is -0.139. The quantitative estimate of drug-likeness (QED) is 0.332. The zero-order valence-corrected chi connectivity index (χ0v) is 24.4. The van der Waals surface area contributed by atoms with E-state index in [4.69, 9.17) is 9.47 Å². The molecule has 0 aliphatic heterocycles. The molecule has 3 aromatic carbocycles. The molecule has 0 bridgehead atoms. The number of carbonyl (C=O) groups excluding carboxylic acids is 2. The average Bonchev–Trinajstić information content (AvgIpc) is 2.98. The Bertz CT molecular complexity index is 1380. The number of carbonyl (C=O) groups is 2. The minimum atomic E-state index is -4.23. The third-order valence-corrected chi connectivity index (χ3v) is 8.40. The molecule has 0 spiro atoms. The van der Waals surface area contributed by atoms with Crippen LogP contribution in [0.15, 0.2) is 83.8 Å². The molecule has 1 N–H and O–H groups in total. The molecule has 0 saturated carbocycles. The van der Waals surface area contributed by atoms with Crippen LogP contribution in [0, 0.1) is 0 Å². The second-order valence-electron chi connectivity index (χ2n) is 9.37. The van der Waals surface area contributed by atoms with Crippen LogP contribution >= 0.6 is 0 Å². The molecule has 0 radical (unpaired) electrons. The van der Waals surface area contributed by atoms with Gasteiger partial charge in [0.15, 0.2) is 11.5 Å². The van der Waals surface area contributed by atoms with Crippen molar-refractivity contribution in [2.24, 2.45) is 0 Å². The summed E-state index contributed by atoms with van der Waals surface area (Å²) in [5, 5.41) is 2.92. The SMILES string of the molecule is CC[C@@H](C)NC(=O)[C@H](C)N(Cc1ccccc1)C(=O)CN(c1ccccc1)S(=O)(=O)c1ccc(OC)c(OC)c1. The first-order valence-corrected chi connectivity index (χ1v) is 14.5. The summed E-state index contributed by atoms with van der Waals surface area (Å²) in [6, 6.07) is 21.0. The smallest absolute Gasteiger partial charge is 0.264 e. The molecule has 0 heterocycles. The second-order valence-corrected chi connectivity index (χ2v) is 11.2. The monoisotopic (exact) mass is 567 g/mol. The minimum Gasteiger partial charge on any atom is -0.493 e. The number of hydrogen-bond donors (Lipinski definition) is 1. The number of nitrogens with zero attached hydrogens (tertiary/aromatic N) is 2. The van der Waals surface area contributed by atoms with Gasteiger partial charge in [-0.1, -0.05) is 55.5 Å². The Labute approximate surface area is 236 Å². The molecule has 0 fully saturated rings. The van der Waals surface area contributed by atoms with E-state index in [0.29, 0.717) is 11.4 Å².